The molecule has 5 nitrogen and oxygen atoms in total. The van der Waals surface area contributed by atoms with Crippen LogP contribution in [0.15, 0.2) is 17.0 Å². The highest BCUT2D eigenvalue weighted by Crippen LogP contribution is 2.22. The van der Waals surface area contributed by atoms with Crippen LogP contribution in [0, 0.1) is 11.6 Å². The number of hydrogen-bond donors (Lipinski definition) is 1. The summed E-state index contributed by atoms with van der Waals surface area (Å²) in [6.45, 7) is 4.03. The van der Waals surface area contributed by atoms with Gasteiger partial charge >= 0.3 is 0 Å². The third-order valence-electron chi connectivity index (χ3n) is 2.48. The molecule has 118 valence electrons. The summed E-state index contributed by atoms with van der Waals surface area (Å²) in [7, 11) is 0.602. The van der Waals surface area contributed by atoms with E-state index in [1.165, 1.54) is 0 Å². The minimum Gasteiger partial charge on any atom is -0.380 e. The summed E-state index contributed by atoms with van der Waals surface area (Å²) >= 11 is 0. The van der Waals surface area contributed by atoms with Crippen LogP contribution in [0.1, 0.15) is 24.2 Å². The van der Waals surface area contributed by atoms with E-state index in [4.69, 9.17) is 15.4 Å². The second-order valence-electron chi connectivity index (χ2n) is 4.23. The van der Waals surface area contributed by atoms with Gasteiger partial charge in [0.1, 0.15) is 16.5 Å². The molecule has 1 atom stereocenters. The van der Waals surface area contributed by atoms with E-state index in [0.29, 0.717) is 18.7 Å². The molecule has 0 heterocycles. The minimum absolute atomic E-state index is 0.200. The average molecular weight is 342 g/mol. The summed E-state index contributed by atoms with van der Waals surface area (Å²) in [6.07, 6.45) is 0. The predicted octanol–water partition coefficient (Wildman–Crippen LogP) is 2.05. The van der Waals surface area contributed by atoms with Gasteiger partial charge in [-0.1, -0.05) is 0 Å². The van der Waals surface area contributed by atoms with Crippen LogP contribution >= 0.6 is 10.7 Å². The molecule has 0 saturated heterocycles. The third kappa shape index (κ3) is 4.90. The number of rotatable bonds is 6. The van der Waals surface area contributed by atoms with Crippen molar-refractivity contribution < 1.29 is 26.7 Å². The van der Waals surface area contributed by atoms with Crippen LogP contribution in [0.5, 0.6) is 0 Å². The fourth-order valence-corrected chi connectivity index (χ4v) is 2.43. The Bertz CT molecular complexity index is 636. The minimum atomic E-state index is -4.42. The Balaban J connectivity index is 3.05. The first-order valence-corrected chi connectivity index (χ1v) is 8.30. The molecule has 0 spiro atoms. The molecular formula is C12H14ClF2NO4S. The number of nitrogens with one attached hydrogen (secondary N) is 1. The number of ether oxygens (including phenoxy) is 1. The molecule has 21 heavy (non-hydrogen) atoms. The van der Waals surface area contributed by atoms with Crippen LogP contribution in [0.2, 0.25) is 0 Å². The lowest BCUT2D eigenvalue weighted by molar-refractivity contribution is 0.0868. The standard InChI is InChI=1S/C12H14ClF2NO4S/c1-3-20-6-7(2)16-12(17)8-4-11(21(13,18)19)10(15)5-9(8)14/h4-5,7H,3,6H2,1-2H3,(H,16,17). The molecular weight excluding hydrogens is 328 g/mol. The molecule has 0 aliphatic carbocycles. The Morgan fingerprint density at radius 1 is 1.38 bits per heavy atom. The van der Waals surface area contributed by atoms with Crippen molar-refractivity contribution in [2.45, 2.75) is 24.8 Å². The van der Waals surface area contributed by atoms with Gasteiger partial charge in [0.05, 0.1) is 12.2 Å². The first-order chi connectivity index (χ1) is 9.66. The van der Waals surface area contributed by atoms with Crippen LogP contribution in [0.3, 0.4) is 0 Å². The van der Waals surface area contributed by atoms with Gasteiger partial charge < -0.3 is 10.1 Å². The lowest BCUT2D eigenvalue weighted by Gasteiger charge is -2.14. The maximum absolute atomic E-state index is 13.6. The van der Waals surface area contributed by atoms with Gasteiger partial charge in [-0.05, 0) is 19.9 Å². The highest BCUT2D eigenvalue weighted by molar-refractivity contribution is 8.13. The molecule has 0 fully saturated rings. The predicted molar refractivity (Wildman–Crippen MR) is 72.8 cm³/mol. The number of halogens is 3. The van der Waals surface area contributed by atoms with Gasteiger partial charge in [-0.3, -0.25) is 4.79 Å². The van der Waals surface area contributed by atoms with E-state index in [1.54, 1.807) is 13.8 Å². The van der Waals surface area contributed by atoms with Gasteiger partial charge in [0.2, 0.25) is 0 Å². The van der Waals surface area contributed by atoms with Crippen molar-refractivity contribution >= 4 is 25.6 Å². The fourth-order valence-electron chi connectivity index (χ4n) is 1.53. The van der Waals surface area contributed by atoms with Crippen LogP contribution < -0.4 is 5.32 Å². The molecule has 0 aliphatic heterocycles. The zero-order valence-corrected chi connectivity index (χ0v) is 12.9. The molecule has 0 aromatic heterocycles. The molecule has 0 bridgehead atoms. The third-order valence-corrected chi connectivity index (χ3v) is 3.82. The summed E-state index contributed by atoms with van der Waals surface area (Å²) in [5, 5.41) is 2.41. The maximum atomic E-state index is 13.6. The smallest absolute Gasteiger partial charge is 0.264 e. The fraction of sp³-hybridized carbons (Fsp3) is 0.417. The summed E-state index contributed by atoms with van der Waals surface area (Å²) in [6, 6.07) is 0.436. The highest BCUT2D eigenvalue weighted by atomic mass is 35.7. The molecule has 1 amide bonds. The molecule has 1 rings (SSSR count). The number of carbonyl (C=O) groups excluding carboxylic acids is 1. The van der Waals surface area contributed by atoms with E-state index in [1.807, 2.05) is 0 Å². The van der Waals surface area contributed by atoms with Gasteiger partial charge in [0.15, 0.2) is 0 Å². The second kappa shape index (κ2) is 7.15. The van der Waals surface area contributed by atoms with Gasteiger partial charge in [-0.2, -0.15) is 0 Å². The van der Waals surface area contributed by atoms with Crippen LogP contribution in [0.25, 0.3) is 0 Å². The highest BCUT2D eigenvalue weighted by Gasteiger charge is 2.23. The summed E-state index contributed by atoms with van der Waals surface area (Å²) < 4.78 is 54.3. The van der Waals surface area contributed by atoms with Crippen molar-refractivity contribution in [2.75, 3.05) is 13.2 Å². The number of hydrogen-bond acceptors (Lipinski definition) is 4. The summed E-state index contributed by atoms with van der Waals surface area (Å²) in [4.78, 5) is 10.9. The van der Waals surface area contributed by atoms with Crippen molar-refractivity contribution in [3.05, 3.63) is 29.3 Å². The normalized spacial score (nSPS) is 13.0. The summed E-state index contributed by atoms with van der Waals surface area (Å²) in [5.74, 6) is -3.43. The van der Waals surface area contributed by atoms with Crippen LogP contribution in [-0.2, 0) is 13.8 Å². The van der Waals surface area contributed by atoms with Crippen molar-refractivity contribution in [1.82, 2.24) is 5.32 Å². The number of amides is 1. The second-order valence-corrected chi connectivity index (χ2v) is 6.77. The zero-order valence-electron chi connectivity index (χ0n) is 11.3. The molecule has 0 radical (unpaired) electrons. The molecule has 1 N–H and O–H groups in total. The lowest BCUT2D eigenvalue weighted by Crippen LogP contribution is -2.36. The molecule has 0 saturated carbocycles. The van der Waals surface area contributed by atoms with E-state index in [-0.39, 0.29) is 6.61 Å². The van der Waals surface area contributed by atoms with Crippen LogP contribution in [-0.4, -0.2) is 33.6 Å². The first-order valence-electron chi connectivity index (χ1n) is 5.99. The molecule has 1 aromatic carbocycles. The van der Waals surface area contributed by atoms with Crippen molar-refractivity contribution in [1.29, 1.82) is 0 Å². The monoisotopic (exact) mass is 341 g/mol. The van der Waals surface area contributed by atoms with Crippen molar-refractivity contribution in [3.8, 4) is 0 Å². The molecule has 1 unspecified atom stereocenters. The van der Waals surface area contributed by atoms with Gasteiger partial charge in [0.25, 0.3) is 15.0 Å². The van der Waals surface area contributed by atoms with E-state index >= 15 is 0 Å². The lowest BCUT2D eigenvalue weighted by atomic mass is 10.2. The zero-order chi connectivity index (χ0) is 16.2. The van der Waals surface area contributed by atoms with Gasteiger partial charge in [-0.25, -0.2) is 17.2 Å². The molecule has 9 heteroatoms. The number of carbonyl (C=O) groups is 1. The Hall–Kier alpha value is -1.25. The molecule has 1 aromatic rings. The van der Waals surface area contributed by atoms with Gasteiger partial charge in [-0.15, -0.1) is 0 Å². The first kappa shape index (κ1) is 17.8. The van der Waals surface area contributed by atoms with Crippen molar-refractivity contribution in [3.63, 3.8) is 0 Å². The van der Waals surface area contributed by atoms with Crippen molar-refractivity contribution in [2.24, 2.45) is 0 Å². The Morgan fingerprint density at radius 3 is 2.52 bits per heavy atom. The van der Waals surface area contributed by atoms with E-state index in [9.17, 15) is 22.0 Å². The van der Waals surface area contributed by atoms with Gasteiger partial charge in [0, 0.05) is 29.4 Å². The SMILES string of the molecule is CCOCC(C)NC(=O)c1cc(S(=O)(=O)Cl)c(F)cc1F. The Labute approximate surface area is 125 Å². The van der Waals surface area contributed by atoms with E-state index in [2.05, 4.69) is 5.32 Å². The topological polar surface area (TPSA) is 72.5 Å². The van der Waals surface area contributed by atoms with Crippen LogP contribution in [0.4, 0.5) is 8.78 Å². The van der Waals surface area contributed by atoms with E-state index < -0.39 is 43.1 Å². The number of benzene rings is 1. The largest absolute Gasteiger partial charge is 0.380 e. The average Bonchev–Trinajstić information content (AvgIpc) is 2.34. The maximum Gasteiger partial charge on any atom is 0.264 e. The Kier molecular flexibility index (Phi) is 6.06. The Morgan fingerprint density at radius 2 is 2.00 bits per heavy atom. The molecule has 0 aliphatic rings. The summed E-state index contributed by atoms with van der Waals surface area (Å²) in [5.41, 5.74) is -0.612. The van der Waals surface area contributed by atoms with E-state index in [0.717, 1.165) is 0 Å². The quantitative estimate of drug-likeness (QED) is 0.804.